The van der Waals surface area contributed by atoms with E-state index in [0.717, 1.165) is 23.7 Å². The van der Waals surface area contributed by atoms with E-state index >= 15 is 0 Å². The molecule has 0 radical (unpaired) electrons. The molecule has 3 rings (SSSR count). The van der Waals surface area contributed by atoms with E-state index in [1.165, 1.54) is 6.07 Å². The van der Waals surface area contributed by atoms with Crippen LogP contribution >= 0.6 is 11.8 Å². The zero-order chi connectivity index (χ0) is 11.3. The molecular weight excluding hydrogens is 224 g/mol. The highest BCUT2D eigenvalue weighted by atomic mass is 32.2. The monoisotopic (exact) mass is 238 g/mol. The number of hydrogen-bond acceptors (Lipinski definition) is 5. The standard InChI is InChI=1S/C11H14N2O2S/c12-7-1-6-3-13-5-16-4-8(13)11(15)10(6)9(14)2-7/h1-2,8,11,14-15H,3-5,12H2/t8-,11?/m1/s1. The number of phenolic OH excluding ortho intramolecular Hbond substituents is 1. The van der Waals surface area contributed by atoms with E-state index < -0.39 is 6.10 Å². The van der Waals surface area contributed by atoms with Crippen LogP contribution in [-0.4, -0.2) is 32.8 Å². The molecule has 2 aliphatic heterocycles. The van der Waals surface area contributed by atoms with Crippen LogP contribution in [0.1, 0.15) is 17.2 Å². The third-order valence-corrected chi connectivity index (χ3v) is 4.41. The minimum Gasteiger partial charge on any atom is -0.507 e. The summed E-state index contributed by atoms with van der Waals surface area (Å²) in [6.07, 6.45) is -0.598. The summed E-state index contributed by atoms with van der Waals surface area (Å²) in [4.78, 5) is 2.23. The van der Waals surface area contributed by atoms with Crippen LogP contribution < -0.4 is 5.73 Å². The van der Waals surface area contributed by atoms with Crippen molar-refractivity contribution < 1.29 is 10.2 Å². The molecule has 4 N–H and O–H groups in total. The van der Waals surface area contributed by atoms with Crippen molar-refractivity contribution in [3.05, 3.63) is 23.3 Å². The highest BCUT2D eigenvalue weighted by Crippen LogP contribution is 2.42. The lowest BCUT2D eigenvalue weighted by Gasteiger charge is -2.35. The topological polar surface area (TPSA) is 69.7 Å². The number of fused-ring (bicyclic) bond motifs is 2. The molecule has 4 nitrogen and oxygen atoms in total. The fourth-order valence-electron chi connectivity index (χ4n) is 2.55. The zero-order valence-electron chi connectivity index (χ0n) is 8.76. The fraction of sp³-hybridized carbons (Fsp3) is 0.455. The number of aliphatic hydroxyl groups is 1. The Morgan fingerprint density at radius 1 is 1.44 bits per heavy atom. The van der Waals surface area contributed by atoms with E-state index in [0.29, 0.717) is 11.3 Å². The third kappa shape index (κ3) is 1.39. The van der Waals surface area contributed by atoms with E-state index in [-0.39, 0.29) is 11.8 Å². The summed E-state index contributed by atoms with van der Waals surface area (Å²) in [7, 11) is 0. The van der Waals surface area contributed by atoms with E-state index in [4.69, 9.17) is 5.73 Å². The lowest BCUT2D eigenvalue weighted by Crippen LogP contribution is -2.40. The number of nitrogen functional groups attached to an aromatic ring is 1. The van der Waals surface area contributed by atoms with Gasteiger partial charge < -0.3 is 15.9 Å². The number of benzene rings is 1. The van der Waals surface area contributed by atoms with Crippen molar-refractivity contribution in [2.75, 3.05) is 17.4 Å². The molecule has 16 heavy (non-hydrogen) atoms. The molecule has 5 heteroatoms. The lowest BCUT2D eigenvalue weighted by molar-refractivity contribution is 0.0567. The highest BCUT2D eigenvalue weighted by Gasteiger charge is 2.38. The molecule has 1 aromatic rings. The number of thioether (sulfide) groups is 1. The Bertz CT molecular complexity index is 438. The van der Waals surface area contributed by atoms with Gasteiger partial charge in [0.2, 0.25) is 0 Å². The normalized spacial score (nSPS) is 28.8. The Labute approximate surface area is 98.1 Å². The smallest absolute Gasteiger partial charge is 0.123 e. The molecule has 2 heterocycles. The predicted octanol–water partition coefficient (Wildman–Crippen LogP) is 0.896. The van der Waals surface area contributed by atoms with Gasteiger partial charge in [-0.15, -0.1) is 11.8 Å². The summed E-state index contributed by atoms with van der Waals surface area (Å²) >= 11 is 1.82. The SMILES string of the molecule is Nc1cc(O)c2c(c1)CN1CSC[C@@H]1C2O. The lowest BCUT2D eigenvalue weighted by atomic mass is 9.91. The maximum absolute atomic E-state index is 10.2. The summed E-state index contributed by atoms with van der Waals surface area (Å²) < 4.78 is 0. The molecule has 0 aliphatic carbocycles. The Morgan fingerprint density at radius 3 is 3.06 bits per heavy atom. The number of nitrogens with zero attached hydrogens (tertiary/aromatic N) is 1. The third-order valence-electron chi connectivity index (χ3n) is 3.31. The van der Waals surface area contributed by atoms with Crippen LogP contribution in [0.3, 0.4) is 0 Å². The van der Waals surface area contributed by atoms with Crippen molar-refractivity contribution in [2.24, 2.45) is 0 Å². The second-order valence-corrected chi connectivity index (χ2v) is 5.37. The van der Waals surface area contributed by atoms with Crippen LogP contribution in [0.4, 0.5) is 5.69 Å². The van der Waals surface area contributed by atoms with Gasteiger partial charge in [0.1, 0.15) is 5.75 Å². The average Bonchev–Trinajstić information content (AvgIpc) is 2.64. The molecule has 2 atom stereocenters. The zero-order valence-corrected chi connectivity index (χ0v) is 9.57. The van der Waals surface area contributed by atoms with Gasteiger partial charge in [0.05, 0.1) is 12.1 Å². The van der Waals surface area contributed by atoms with Gasteiger partial charge in [-0.25, -0.2) is 0 Å². The van der Waals surface area contributed by atoms with Crippen molar-refractivity contribution in [2.45, 2.75) is 18.7 Å². The number of anilines is 1. The van der Waals surface area contributed by atoms with Crippen molar-refractivity contribution in [3.63, 3.8) is 0 Å². The Kier molecular flexibility index (Phi) is 2.27. The molecule has 0 bridgehead atoms. The first-order chi connectivity index (χ1) is 7.66. The molecular formula is C11H14N2O2S. The number of aromatic hydroxyl groups is 1. The number of aliphatic hydroxyl groups excluding tert-OH is 1. The summed E-state index contributed by atoms with van der Waals surface area (Å²) in [5.74, 6) is 1.99. The number of phenols is 1. The van der Waals surface area contributed by atoms with Crippen molar-refractivity contribution in [1.82, 2.24) is 4.90 Å². The highest BCUT2D eigenvalue weighted by molar-refractivity contribution is 7.99. The van der Waals surface area contributed by atoms with E-state index in [1.54, 1.807) is 0 Å². The molecule has 1 saturated heterocycles. The van der Waals surface area contributed by atoms with Crippen LogP contribution in [0, 0.1) is 0 Å². The van der Waals surface area contributed by atoms with Gasteiger partial charge in [0, 0.05) is 35.5 Å². The van der Waals surface area contributed by atoms with Gasteiger partial charge >= 0.3 is 0 Å². The summed E-state index contributed by atoms with van der Waals surface area (Å²) in [5, 5.41) is 20.1. The van der Waals surface area contributed by atoms with Crippen molar-refractivity contribution in [3.8, 4) is 5.75 Å². The summed E-state index contributed by atoms with van der Waals surface area (Å²) in [6, 6.07) is 3.49. The summed E-state index contributed by atoms with van der Waals surface area (Å²) in [5.41, 5.74) is 7.86. The Balaban J connectivity index is 2.10. The number of rotatable bonds is 0. The molecule has 2 aliphatic rings. The van der Waals surface area contributed by atoms with Crippen LogP contribution in [0.5, 0.6) is 5.75 Å². The molecule has 86 valence electrons. The Hall–Kier alpha value is -0.910. The summed E-state index contributed by atoms with van der Waals surface area (Å²) in [6.45, 7) is 0.767. The first-order valence-corrected chi connectivity index (χ1v) is 6.43. The average molecular weight is 238 g/mol. The van der Waals surface area contributed by atoms with Gasteiger partial charge in [-0.1, -0.05) is 0 Å². The largest absolute Gasteiger partial charge is 0.507 e. The van der Waals surface area contributed by atoms with Crippen LogP contribution in [0.15, 0.2) is 12.1 Å². The Morgan fingerprint density at radius 2 is 2.25 bits per heavy atom. The number of nitrogens with two attached hydrogens (primary N) is 1. The molecule has 0 amide bonds. The molecule has 1 aromatic carbocycles. The molecule has 1 unspecified atom stereocenters. The first-order valence-electron chi connectivity index (χ1n) is 5.28. The van der Waals surface area contributed by atoms with Gasteiger partial charge in [-0.05, 0) is 11.6 Å². The van der Waals surface area contributed by atoms with Crippen molar-refractivity contribution >= 4 is 17.4 Å². The van der Waals surface area contributed by atoms with Gasteiger partial charge in [0.15, 0.2) is 0 Å². The second kappa shape index (κ2) is 3.55. The maximum Gasteiger partial charge on any atom is 0.123 e. The minimum atomic E-state index is -0.598. The molecule has 0 saturated carbocycles. The van der Waals surface area contributed by atoms with Crippen LogP contribution in [0.2, 0.25) is 0 Å². The number of hydrogen-bond donors (Lipinski definition) is 3. The van der Waals surface area contributed by atoms with Gasteiger partial charge in [-0.3, -0.25) is 4.90 Å². The molecule has 1 fully saturated rings. The van der Waals surface area contributed by atoms with E-state index in [1.807, 2.05) is 17.8 Å². The quantitative estimate of drug-likeness (QED) is 0.586. The van der Waals surface area contributed by atoms with Crippen LogP contribution in [0.25, 0.3) is 0 Å². The van der Waals surface area contributed by atoms with Gasteiger partial charge in [-0.2, -0.15) is 0 Å². The van der Waals surface area contributed by atoms with Crippen LogP contribution in [-0.2, 0) is 6.54 Å². The van der Waals surface area contributed by atoms with Crippen molar-refractivity contribution in [1.29, 1.82) is 0 Å². The van der Waals surface area contributed by atoms with E-state index in [9.17, 15) is 10.2 Å². The second-order valence-electron chi connectivity index (χ2n) is 4.37. The first kappa shape index (κ1) is 10.3. The van der Waals surface area contributed by atoms with E-state index in [2.05, 4.69) is 4.90 Å². The molecule has 0 spiro atoms. The molecule has 0 aromatic heterocycles. The minimum absolute atomic E-state index is 0.124. The van der Waals surface area contributed by atoms with Gasteiger partial charge in [0.25, 0.3) is 0 Å². The predicted molar refractivity (Wildman–Crippen MR) is 64.1 cm³/mol. The maximum atomic E-state index is 10.2. The fourth-order valence-corrected chi connectivity index (χ4v) is 3.81.